The minimum atomic E-state index is -0.524. The van der Waals surface area contributed by atoms with E-state index in [4.69, 9.17) is 0 Å². The zero-order valence-electron chi connectivity index (χ0n) is 10.3. The first kappa shape index (κ1) is 12.3. The van der Waals surface area contributed by atoms with Crippen LogP contribution in [0.5, 0.6) is 0 Å². The number of hydrogen-bond donors (Lipinski definition) is 1. The van der Waals surface area contributed by atoms with Crippen LogP contribution in [-0.4, -0.2) is 6.04 Å². The van der Waals surface area contributed by atoms with Crippen LogP contribution in [0.25, 0.3) is 0 Å². The first-order valence-electron chi connectivity index (χ1n) is 6.27. The molecule has 3 unspecified atom stereocenters. The van der Waals surface area contributed by atoms with Crippen molar-refractivity contribution in [3.8, 4) is 0 Å². The van der Waals surface area contributed by atoms with Crippen LogP contribution >= 0.6 is 0 Å². The van der Waals surface area contributed by atoms with Gasteiger partial charge < -0.3 is 5.32 Å². The molecule has 1 nitrogen and oxygen atoms in total. The van der Waals surface area contributed by atoms with Crippen molar-refractivity contribution < 1.29 is 8.78 Å². The highest BCUT2D eigenvalue weighted by Crippen LogP contribution is 2.30. The Bertz CT molecular complexity index is 372. The van der Waals surface area contributed by atoms with Gasteiger partial charge in [0.25, 0.3) is 0 Å². The molecule has 3 heteroatoms. The van der Waals surface area contributed by atoms with Gasteiger partial charge in [-0.05, 0) is 43.2 Å². The van der Waals surface area contributed by atoms with Crippen molar-refractivity contribution in [2.24, 2.45) is 11.8 Å². The van der Waals surface area contributed by atoms with E-state index < -0.39 is 11.6 Å². The molecule has 1 aliphatic rings. The van der Waals surface area contributed by atoms with Gasteiger partial charge in [-0.3, -0.25) is 0 Å². The largest absolute Gasteiger partial charge is 0.382 e. The summed E-state index contributed by atoms with van der Waals surface area (Å²) in [5, 5.41) is 3.25. The molecule has 2 rings (SSSR count). The molecule has 0 spiro atoms. The Morgan fingerprint density at radius 2 is 1.71 bits per heavy atom. The van der Waals surface area contributed by atoms with Gasteiger partial charge in [-0.25, -0.2) is 8.78 Å². The molecule has 1 fully saturated rings. The zero-order chi connectivity index (χ0) is 12.4. The molecular weight excluding hydrogens is 220 g/mol. The van der Waals surface area contributed by atoms with Gasteiger partial charge in [0.1, 0.15) is 11.6 Å². The van der Waals surface area contributed by atoms with Gasteiger partial charge in [-0.1, -0.05) is 13.8 Å². The summed E-state index contributed by atoms with van der Waals surface area (Å²) in [7, 11) is 0. The second kappa shape index (κ2) is 5.03. The second-order valence-electron chi connectivity index (χ2n) is 5.30. The molecule has 0 bridgehead atoms. The van der Waals surface area contributed by atoms with Gasteiger partial charge in [0.15, 0.2) is 0 Å². The summed E-state index contributed by atoms with van der Waals surface area (Å²) in [5.41, 5.74) is 0.550. The van der Waals surface area contributed by atoms with Gasteiger partial charge in [-0.2, -0.15) is 0 Å². The minimum Gasteiger partial charge on any atom is -0.382 e. The summed E-state index contributed by atoms with van der Waals surface area (Å²) < 4.78 is 26.1. The maximum Gasteiger partial charge on any atom is 0.128 e. The van der Waals surface area contributed by atoms with E-state index in [2.05, 4.69) is 19.2 Å². The summed E-state index contributed by atoms with van der Waals surface area (Å²) in [5.74, 6) is 0.256. The highest BCUT2D eigenvalue weighted by Gasteiger charge is 2.25. The number of benzene rings is 1. The molecule has 0 aliphatic heterocycles. The number of hydrogen-bond acceptors (Lipinski definition) is 1. The lowest BCUT2D eigenvalue weighted by Crippen LogP contribution is -2.33. The molecule has 1 aromatic carbocycles. The number of rotatable bonds is 2. The standard InChI is InChI=1S/C14H19F2N/c1-9-3-4-14(10(2)5-9)17-13-7-11(15)6-12(16)8-13/h6-10,14,17H,3-5H2,1-2H3. The SMILES string of the molecule is CC1CCC(Nc2cc(F)cc(F)c2)C(C)C1. The molecule has 0 amide bonds. The number of halogens is 2. The Kier molecular flexibility index (Phi) is 3.65. The van der Waals surface area contributed by atoms with Crippen molar-refractivity contribution in [2.75, 3.05) is 5.32 Å². The van der Waals surface area contributed by atoms with Crippen molar-refractivity contribution in [3.63, 3.8) is 0 Å². The van der Waals surface area contributed by atoms with E-state index in [0.717, 1.165) is 18.4 Å². The normalized spacial score (nSPS) is 29.1. The second-order valence-corrected chi connectivity index (χ2v) is 5.30. The quantitative estimate of drug-likeness (QED) is 0.815. The van der Waals surface area contributed by atoms with E-state index >= 15 is 0 Å². The molecule has 94 valence electrons. The third-order valence-corrected chi connectivity index (χ3v) is 3.65. The zero-order valence-corrected chi connectivity index (χ0v) is 10.3. The maximum atomic E-state index is 13.1. The lowest BCUT2D eigenvalue weighted by Gasteiger charge is -2.33. The Labute approximate surface area is 101 Å². The maximum absolute atomic E-state index is 13.1. The monoisotopic (exact) mass is 239 g/mol. The first-order chi connectivity index (χ1) is 8.04. The fourth-order valence-corrected chi connectivity index (χ4v) is 2.73. The van der Waals surface area contributed by atoms with Crippen LogP contribution in [-0.2, 0) is 0 Å². The van der Waals surface area contributed by atoms with E-state index in [0.29, 0.717) is 17.6 Å². The van der Waals surface area contributed by atoms with Crippen LogP contribution in [0, 0.1) is 23.5 Å². The van der Waals surface area contributed by atoms with Crippen molar-refractivity contribution in [1.29, 1.82) is 0 Å². The first-order valence-corrected chi connectivity index (χ1v) is 6.27. The summed E-state index contributed by atoms with van der Waals surface area (Å²) in [6.45, 7) is 4.46. The van der Waals surface area contributed by atoms with E-state index in [9.17, 15) is 8.78 Å². The molecule has 17 heavy (non-hydrogen) atoms. The fourth-order valence-electron chi connectivity index (χ4n) is 2.73. The lowest BCUT2D eigenvalue weighted by molar-refractivity contribution is 0.276. The van der Waals surface area contributed by atoms with Crippen molar-refractivity contribution in [2.45, 2.75) is 39.2 Å². The number of anilines is 1. The van der Waals surface area contributed by atoms with E-state index in [-0.39, 0.29) is 0 Å². The van der Waals surface area contributed by atoms with Crippen LogP contribution < -0.4 is 5.32 Å². The van der Waals surface area contributed by atoms with Crippen LogP contribution in [0.1, 0.15) is 33.1 Å². The highest BCUT2D eigenvalue weighted by molar-refractivity contribution is 5.44. The van der Waals surface area contributed by atoms with Gasteiger partial charge in [0.05, 0.1) is 0 Å². The molecule has 1 aliphatic carbocycles. The number of nitrogens with one attached hydrogen (secondary N) is 1. The minimum absolute atomic E-state index is 0.326. The Hall–Kier alpha value is -1.12. The Balaban J connectivity index is 2.05. The average Bonchev–Trinajstić information content (AvgIpc) is 2.21. The summed E-state index contributed by atoms with van der Waals surface area (Å²) >= 11 is 0. The molecule has 0 radical (unpaired) electrons. The highest BCUT2D eigenvalue weighted by atomic mass is 19.1. The van der Waals surface area contributed by atoms with Crippen molar-refractivity contribution in [1.82, 2.24) is 0 Å². The third kappa shape index (κ3) is 3.18. The molecule has 1 saturated carbocycles. The average molecular weight is 239 g/mol. The molecule has 3 atom stereocenters. The van der Waals surface area contributed by atoms with Crippen LogP contribution in [0.2, 0.25) is 0 Å². The molecule has 1 N–H and O–H groups in total. The van der Waals surface area contributed by atoms with Gasteiger partial charge in [-0.15, -0.1) is 0 Å². The molecule has 0 saturated heterocycles. The predicted octanol–water partition coefficient (Wildman–Crippen LogP) is 4.20. The van der Waals surface area contributed by atoms with Crippen molar-refractivity contribution in [3.05, 3.63) is 29.8 Å². The topological polar surface area (TPSA) is 12.0 Å². The Morgan fingerprint density at radius 3 is 2.29 bits per heavy atom. The van der Waals surface area contributed by atoms with E-state index in [1.807, 2.05) is 0 Å². The van der Waals surface area contributed by atoms with Gasteiger partial charge >= 0.3 is 0 Å². The lowest BCUT2D eigenvalue weighted by atomic mass is 9.80. The third-order valence-electron chi connectivity index (χ3n) is 3.65. The summed E-state index contributed by atoms with van der Waals surface area (Å²) in [6, 6.07) is 3.94. The summed E-state index contributed by atoms with van der Waals surface area (Å²) in [4.78, 5) is 0. The molecule has 0 aromatic heterocycles. The van der Waals surface area contributed by atoms with Crippen LogP contribution in [0.4, 0.5) is 14.5 Å². The van der Waals surface area contributed by atoms with Crippen molar-refractivity contribution >= 4 is 5.69 Å². The molecule has 0 heterocycles. The van der Waals surface area contributed by atoms with Crippen LogP contribution in [0.3, 0.4) is 0 Å². The van der Waals surface area contributed by atoms with E-state index in [1.165, 1.54) is 25.0 Å². The predicted molar refractivity (Wildman–Crippen MR) is 65.9 cm³/mol. The molecular formula is C14H19F2N. The summed E-state index contributed by atoms with van der Waals surface area (Å²) in [6.07, 6.45) is 3.43. The fraction of sp³-hybridized carbons (Fsp3) is 0.571. The van der Waals surface area contributed by atoms with E-state index in [1.54, 1.807) is 0 Å². The van der Waals surface area contributed by atoms with Gasteiger partial charge in [0.2, 0.25) is 0 Å². The smallest absolute Gasteiger partial charge is 0.128 e. The van der Waals surface area contributed by atoms with Crippen LogP contribution in [0.15, 0.2) is 18.2 Å². The molecule has 1 aromatic rings. The Morgan fingerprint density at radius 1 is 1.06 bits per heavy atom. The van der Waals surface area contributed by atoms with Gasteiger partial charge in [0, 0.05) is 17.8 Å².